The van der Waals surface area contributed by atoms with E-state index in [2.05, 4.69) is 22.8 Å². The number of methoxy groups -OCH3 is 1. The van der Waals surface area contributed by atoms with Gasteiger partial charge in [0.1, 0.15) is 18.7 Å². The Labute approximate surface area is 205 Å². The zero-order valence-electron chi connectivity index (χ0n) is 19.9. The number of ether oxygens (including phenoxy) is 2. The van der Waals surface area contributed by atoms with Crippen molar-refractivity contribution >= 4 is 18.0 Å². The maximum absolute atomic E-state index is 13.0. The highest BCUT2D eigenvalue weighted by atomic mass is 16.5. The third-order valence-corrected chi connectivity index (χ3v) is 6.98. The average Bonchev–Trinajstić information content (AvgIpc) is 3.14. The second kappa shape index (κ2) is 11.4. The van der Waals surface area contributed by atoms with Crippen molar-refractivity contribution in [3.63, 3.8) is 0 Å². The van der Waals surface area contributed by atoms with Gasteiger partial charge in [-0.05, 0) is 53.9 Å². The Hall–Kier alpha value is -3.39. The number of rotatable bonds is 11. The Bertz CT molecular complexity index is 1020. The summed E-state index contributed by atoms with van der Waals surface area (Å²) < 4.78 is 10.6. The molecule has 35 heavy (non-hydrogen) atoms. The van der Waals surface area contributed by atoms with E-state index in [1.54, 1.807) is 7.11 Å². The molecule has 2 aliphatic carbocycles. The number of carbonyl (C=O) groups is 3. The van der Waals surface area contributed by atoms with Gasteiger partial charge in [0.25, 0.3) is 0 Å². The summed E-state index contributed by atoms with van der Waals surface area (Å²) in [5.41, 5.74) is 4.49. The van der Waals surface area contributed by atoms with Crippen molar-refractivity contribution in [2.75, 3.05) is 20.3 Å². The maximum atomic E-state index is 13.0. The molecular formula is C27H32N2O6. The minimum Gasteiger partial charge on any atom is -0.480 e. The van der Waals surface area contributed by atoms with E-state index in [1.165, 1.54) is 0 Å². The first-order chi connectivity index (χ1) is 17.0. The Morgan fingerprint density at radius 3 is 2.17 bits per heavy atom. The van der Waals surface area contributed by atoms with Gasteiger partial charge in [0.05, 0.1) is 0 Å². The lowest BCUT2D eigenvalue weighted by Gasteiger charge is -2.33. The molecule has 8 nitrogen and oxygen atoms in total. The van der Waals surface area contributed by atoms with Crippen molar-refractivity contribution in [2.24, 2.45) is 5.92 Å². The van der Waals surface area contributed by atoms with Gasteiger partial charge in [-0.2, -0.15) is 0 Å². The van der Waals surface area contributed by atoms with E-state index >= 15 is 0 Å². The normalized spacial score (nSPS) is 16.4. The van der Waals surface area contributed by atoms with Crippen LogP contribution in [0, 0.1) is 5.92 Å². The van der Waals surface area contributed by atoms with E-state index in [0.29, 0.717) is 13.0 Å². The predicted octanol–water partition coefficient (Wildman–Crippen LogP) is 3.69. The van der Waals surface area contributed by atoms with E-state index in [0.717, 1.165) is 41.5 Å². The number of carboxylic acid groups (broad SMARTS) is 1. The molecule has 2 atom stereocenters. The van der Waals surface area contributed by atoms with Gasteiger partial charge in [-0.15, -0.1) is 0 Å². The van der Waals surface area contributed by atoms with E-state index in [-0.39, 0.29) is 24.9 Å². The van der Waals surface area contributed by atoms with Gasteiger partial charge in [0.15, 0.2) is 0 Å². The Balaban J connectivity index is 1.39. The van der Waals surface area contributed by atoms with Crippen molar-refractivity contribution in [1.29, 1.82) is 0 Å². The lowest BCUT2D eigenvalue weighted by molar-refractivity contribution is -0.142. The fourth-order valence-corrected chi connectivity index (χ4v) is 4.89. The van der Waals surface area contributed by atoms with Crippen LogP contribution in [0.2, 0.25) is 0 Å². The number of aliphatic carboxylic acids is 1. The van der Waals surface area contributed by atoms with Gasteiger partial charge in [-0.25, -0.2) is 9.59 Å². The van der Waals surface area contributed by atoms with E-state index in [4.69, 9.17) is 9.47 Å². The Morgan fingerprint density at radius 2 is 1.63 bits per heavy atom. The number of benzene rings is 2. The van der Waals surface area contributed by atoms with E-state index < -0.39 is 30.1 Å². The van der Waals surface area contributed by atoms with Gasteiger partial charge in [0, 0.05) is 19.6 Å². The molecule has 186 valence electrons. The lowest BCUT2D eigenvalue weighted by atomic mass is 9.79. The highest BCUT2D eigenvalue weighted by Gasteiger charge is 2.36. The largest absolute Gasteiger partial charge is 0.480 e. The van der Waals surface area contributed by atoms with Gasteiger partial charge in [-0.1, -0.05) is 55.0 Å². The van der Waals surface area contributed by atoms with Crippen LogP contribution >= 0.6 is 0 Å². The van der Waals surface area contributed by atoms with Crippen LogP contribution in [-0.2, 0) is 19.1 Å². The number of carbonyl (C=O) groups excluding carboxylic acids is 2. The number of carboxylic acids is 1. The molecule has 0 radical (unpaired) electrons. The molecule has 2 amide bonds. The van der Waals surface area contributed by atoms with Gasteiger partial charge in [0.2, 0.25) is 5.91 Å². The van der Waals surface area contributed by atoms with Crippen molar-refractivity contribution < 1.29 is 29.0 Å². The second-order valence-corrected chi connectivity index (χ2v) is 9.17. The molecule has 0 aromatic heterocycles. The Morgan fingerprint density at radius 1 is 1.00 bits per heavy atom. The number of amides is 2. The summed E-state index contributed by atoms with van der Waals surface area (Å²) in [6.07, 6.45) is 2.63. The molecule has 1 fully saturated rings. The second-order valence-electron chi connectivity index (χ2n) is 9.17. The van der Waals surface area contributed by atoms with E-state index in [9.17, 15) is 19.5 Å². The van der Waals surface area contributed by atoms with Crippen LogP contribution in [-0.4, -0.2) is 55.5 Å². The summed E-state index contributed by atoms with van der Waals surface area (Å²) in [6.45, 7) is 0.553. The third kappa shape index (κ3) is 5.65. The Kier molecular flexibility index (Phi) is 8.02. The van der Waals surface area contributed by atoms with Crippen molar-refractivity contribution in [3.8, 4) is 11.1 Å². The molecule has 3 N–H and O–H groups in total. The molecule has 8 heteroatoms. The van der Waals surface area contributed by atoms with Crippen molar-refractivity contribution in [1.82, 2.24) is 10.6 Å². The van der Waals surface area contributed by atoms with Crippen LogP contribution in [0.5, 0.6) is 0 Å². The summed E-state index contributed by atoms with van der Waals surface area (Å²) in [5, 5.41) is 14.8. The number of nitrogens with one attached hydrogen (secondary N) is 2. The zero-order chi connectivity index (χ0) is 24.8. The van der Waals surface area contributed by atoms with Crippen LogP contribution < -0.4 is 10.6 Å². The third-order valence-electron chi connectivity index (χ3n) is 6.98. The quantitative estimate of drug-likeness (QED) is 0.423. The maximum Gasteiger partial charge on any atom is 0.407 e. The van der Waals surface area contributed by atoms with Gasteiger partial charge in [-0.3, -0.25) is 4.79 Å². The van der Waals surface area contributed by atoms with Gasteiger partial charge >= 0.3 is 12.1 Å². The molecule has 1 saturated carbocycles. The molecule has 0 aliphatic heterocycles. The first-order valence-corrected chi connectivity index (χ1v) is 12.1. The summed E-state index contributed by atoms with van der Waals surface area (Å²) in [4.78, 5) is 37.4. The predicted molar refractivity (Wildman–Crippen MR) is 130 cm³/mol. The number of fused-ring (bicyclic) bond motifs is 3. The van der Waals surface area contributed by atoms with Crippen molar-refractivity contribution in [3.05, 3.63) is 59.7 Å². The summed E-state index contributed by atoms with van der Waals surface area (Å²) >= 11 is 0. The topological polar surface area (TPSA) is 114 Å². The van der Waals surface area contributed by atoms with Crippen molar-refractivity contribution in [2.45, 2.75) is 50.1 Å². The molecule has 2 aromatic rings. The highest BCUT2D eigenvalue weighted by Crippen LogP contribution is 2.44. The molecule has 2 aromatic carbocycles. The SMILES string of the molecule is COCCCC(NC(=O)C(NC(=O)OCC1c2ccccc2-c2ccccc21)C1CCC1)C(=O)O. The molecule has 4 rings (SSSR count). The molecular weight excluding hydrogens is 448 g/mol. The zero-order valence-corrected chi connectivity index (χ0v) is 19.9. The highest BCUT2D eigenvalue weighted by molar-refractivity contribution is 5.89. The monoisotopic (exact) mass is 480 g/mol. The standard InChI is InChI=1S/C27H32N2O6/c1-34-15-7-14-23(26(31)32)28-25(30)24(17-8-6-9-17)29-27(33)35-16-22-20-12-4-2-10-18(20)19-11-3-5-13-21(19)22/h2-5,10-13,17,22-24H,6-9,14-16H2,1H3,(H,28,30)(H,29,33)(H,31,32). The first-order valence-electron chi connectivity index (χ1n) is 12.1. The summed E-state index contributed by atoms with van der Waals surface area (Å²) in [7, 11) is 1.54. The van der Waals surface area contributed by atoms with Crippen LogP contribution in [0.3, 0.4) is 0 Å². The molecule has 2 unspecified atom stereocenters. The minimum absolute atomic E-state index is 0.0381. The fourth-order valence-electron chi connectivity index (χ4n) is 4.89. The fraction of sp³-hybridized carbons (Fsp3) is 0.444. The summed E-state index contributed by atoms with van der Waals surface area (Å²) in [5.74, 6) is -1.72. The molecule has 0 spiro atoms. The first kappa shape index (κ1) is 24.7. The number of hydrogen-bond donors (Lipinski definition) is 3. The molecule has 0 heterocycles. The molecule has 0 bridgehead atoms. The lowest BCUT2D eigenvalue weighted by Crippen LogP contribution is -2.55. The van der Waals surface area contributed by atoms with Crippen LogP contribution in [0.15, 0.2) is 48.5 Å². The van der Waals surface area contributed by atoms with Gasteiger partial charge < -0.3 is 25.2 Å². The van der Waals surface area contributed by atoms with Crippen LogP contribution in [0.25, 0.3) is 11.1 Å². The molecule has 2 aliphatic rings. The van der Waals surface area contributed by atoms with Crippen LogP contribution in [0.1, 0.15) is 49.1 Å². The number of hydrogen-bond acceptors (Lipinski definition) is 5. The minimum atomic E-state index is -1.11. The summed E-state index contributed by atoms with van der Waals surface area (Å²) in [6, 6.07) is 14.3. The van der Waals surface area contributed by atoms with Crippen LogP contribution in [0.4, 0.5) is 4.79 Å². The average molecular weight is 481 g/mol. The number of alkyl carbamates (subject to hydrolysis) is 1. The van der Waals surface area contributed by atoms with E-state index in [1.807, 2.05) is 36.4 Å². The smallest absolute Gasteiger partial charge is 0.407 e. The molecule has 0 saturated heterocycles.